The fraction of sp³-hybridized carbons (Fsp3) is 0.444. The molecular formula is C18H20. The Kier molecular flexibility index (Phi) is 3.00. The third-order valence-electron chi connectivity index (χ3n) is 4.37. The summed E-state index contributed by atoms with van der Waals surface area (Å²) in [6, 6.07) is 10.8. The molecule has 0 unspecified atom stereocenters. The summed E-state index contributed by atoms with van der Waals surface area (Å²) in [7, 11) is 0. The molecule has 0 nitrogen and oxygen atoms in total. The third-order valence-corrected chi connectivity index (χ3v) is 4.37. The monoisotopic (exact) mass is 236 g/mol. The van der Waals surface area contributed by atoms with E-state index in [2.05, 4.69) is 55.2 Å². The molecule has 0 bridgehead atoms. The van der Waals surface area contributed by atoms with Crippen LogP contribution in [0.4, 0.5) is 0 Å². The molecule has 0 amide bonds. The van der Waals surface area contributed by atoms with Crippen molar-refractivity contribution in [2.45, 2.75) is 44.4 Å². The molecule has 2 atom stereocenters. The summed E-state index contributed by atoms with van der Waals surface area (Å²) in [5.41, 5.74) is 3.13. The highest BCUT2D eigenvalue weighted by molar-refractivity contribution is 5.40. The predicted molar refractivity (Wildman–Crippen MR) is 76.2 cm³/mol. The van der Waals surface area contributed by atoms with Crippen LogP contribution in [0, 0.1) is 17.8 Å². The Morgan fingerprint density at radius 3 is 2.72 bits per heavy atom. The van der Waals surface area contributed by atoms with Crippen molar-refractivity contribution in [1.82, 2.24) is 0 Å². The lowest BCUT2D eigenvalue weighted by molar-refractivity contribution is 0.714. The smallest absolute Gasteiger partial charge is 0.0309 e. The van der Waals surface area contributed by atoms with Gasteiger partial charge in [-0.1, -0.05) is 55.2 Å². The van der Waals surface area contributed by atoms with E-state index in [4.69, 9.17) is 0 Å². The van der Waals surface area contributed by atoms with Crippen molar-refractivity contribution in [3.8, 4) is 11.8 Å². The second kappa shape index (κ2) is 4.65. The van der Waals surface area contributed by atoms with E-state index in [1.165, 1.54) is 43.2 Å². The molecule has 2 aliphatic carbocycles. The summed E-state index contributed by atoms with van der Waals surface area (Å²) in [6.45, 7) is 2.34. The molecule has 0 saturated heterocycles. The maximum Gasteiger partial charge on any atom is 0.0309 e. The first-order valence-corrected chi connectivity index (χ1v) is 7.05. The van der Waals surface area contributed by atoms with Gasteiger partial charge < -0.3 is 0 Å². The van der Waals surface area contributed by atoms with Crippen LogP contribution in [0.3, 0.4) is 0 Å². The summed E-state index contributed by atoms with van der Waals surface area (Å²) in [4.78, 5) is 0. The van der Waals surface area contributed by atoms with E-state index in [0.717, 1.165) is 0 Å². The van der Waals surface area contributed by atoms with Crippen LogP contribution >= 0.6 is 0 Å². The van der Waals surface area contributed by atoms with Gasteiger partial charge in [0.05, 0.1) is 0 Å². The zero-order valence-electron chi connectivity index (χ0n) is 11.1. The van der Waals surface area contributed by atoms with Crippen molar-refractivity contribution in [3.05, 3.63) is 47.5 Å². The Bertz CT molecular complexity index is 512. The Balaban J connectivity index is 1.71. The number of allylic oxidation sites excluding steroid dienone is 2. The van der Waals surface area contributed by atoms with Crippen molar-refractivity contribution < 1.29 is 0 Å². The lowest BCUT2D eigenvalue weighted by Crippen LogP contribution is -2.02. The quantitative estimate of drug-likeness (QED) is 0.631. The highest BCUT2D eigenvalue weighted by atomic mass is 14.5. The summed E-state index contributed by atoms with van der Waals surface area (Å²) in [6.07, 6.45) is 8.64. The Hall–Kier alpha value is -1.48. The predicted octanol–water partition coefficient (Wildman–Crippen LogP) is 4.47. The highest BCUT2D eigenvalue weighted by Crippen LogP contribution is 2.53. The fourth-order valence-electron chi connectivity index (χ4n) is 2.84. The van der Waals surface area contributed by atoms with Crippen LogP contribution in [-0.4, -0.2) is 0 Å². The highest BCUT2D eigenvalue weighted by Gasteiger charge is 2.50. The minimum absolute atomic E-state index is 0.309. The average molecular weight is 236 g/mol. The molecule has 0 heterocycles. The average Bonchev–Trinajstić information content (AvgIpc) is 3.11. The molecule has 18 heavy (non-hydrogen) atoms. The lowest BCUT2D eigenvalue weighted by Gasteiger charge is -2.09. The molecule has 2 aliphatic rings. The molecule has 1 aromatic carbocycles. The van der Waals surface area contributed by atoms with Crippen LogP contribution in [-0.2, 0) is 5.41 Å². The Morgan fingerprint density at radius 1 is 1.17 bits per heavy atom. The second-order valence-electron chi connectivity index (χ2n) is 5.78. The van der Waals surface area contributed by atoms with Crippen LogP contribution in [0.2, 0.25) is 0 Å². The number of hydrogen-bond donors (Lipinski definition) is 0. The lowest BCUT2D eigenvalue weighted by atomic mass is 9.95. The summed E-state index contributed by atoms with van der Waals surface area (Å²) >= 11 is 0. The zero-order valence-corrected chi connectivity index (χ0v) is 11.1. The molecule has 1 fully saturated rings. The van der Waals surface area contributed by atoms with E-state index >= 15 is 0 Å². The van der Waals surface area contributed by atoms with Gasteiger partial charge >= 0.3 is 0 Å². The van der Waals surface area contributed by atoms with Crippen LogP contribution < -0.4 is 0 Å². The number of rotatable bonds is 1. The van der Waals surface area contributed by atoms with Gasteiger partial charge in [0.1, 0.15) is 0 Å². The first-order valence-electron chi connectivity index (χ1n) is 7.05. The van der Waals surface area contributed by atoms with E-state index in [9.17, 15) is 0 Å². The van der Waals surface area contributed by atoms with Gasteiger partial charge in [0, 0.05) is 11.3 Å². The normalized spacial score (nSPS) is 30.1. The third kappa shape index (κ3) is 2.23. The van der Waals surface area contributed by atoms with Crippen molar-refractivity contribution >= 4 is 0 Å². The van der Waals surface area contributed by atoms with Crippen LogP contribution in [0.1, 0.15) is 44.6 Å². The first-order chi connectivity index (χ1) is 8.79. The zero-order chi connectivity index (χ0) is 12.4. The van der Waals surface area contributed by atoms with Crippen LogP contribution in [0.25, 0.3) is 0 Å². The van der Waals surface area contributed by atoms with Crippen molar-refractivity contribution in [2.24, 2.45) is 5.92 Å². The second-order valence-corrected chi connectivity index (χ2v) is 5.78. The van der Waals surface area contributed by atoms with Gasteiger partial charge in [-0.05, 0) is 43.2 Å². The molecular weight excluding hydrogens is 216 g/mol. The van der Waals surface area contributed by atoms with Gasteiger partial charge in [0.15, 0.2) is 0 Å². The molecule has 0 spiro atoms. The van der Waals surface area contributed by atoms with Gasteiger partial charge in [0.25, 0.3) is 0 Å². The Morgan fingerprint density at radius 2 is 2.00 bits per heavy atom. The number of benzene rings is 1. The molecule has 1 aromatic rings. The fourth-order valence-corrected chi connectivity index (χ4v) is 2.84. The molecule has 92 valence electrons. The summed E-state index contributed by atoms with van der Waals surface area (Å²) < 4.78 is 0. The largest absolute Gasteiger partial charge is 0.0939 e. The SMILES string of the molecule is C[C@]1(c2ccccc2)C[C@@H]1C#CC1=CCCCC1. The van der Waals surface area contributed by atoms with Gasteiger partial charge in [-0.25, -0.2) is 0 Å². The van der Waals surface area contributed by atoms with E-state index in [1.54, 1.807) is 0 Å². The van der Waals surface area contributed by atoms with Crippen molar-refractivity contribution in [1.29, 1.82) is 0 Å². The molecule has 1 saturated carbocycles. The minimum Gasteiger partial charge on any atom is -0.0939 e. The van der Waals surface area contributed by atoms with Crippen molar-refractivity contribution in [3.63, 3.8) is 0 Å². The van der Waals surface area contributed by atoms with Crippen LogP contribution in [0.15, 0.2) is 42.0 Å². The van der Waals surface area contributed by atoms with E-state index in [1.807, 2.05) is 0 Å². The molecule has 0 radical (unpaired) electrons. The molecule has 3 rings (SSSR count). The summed E-state index contributed by atoms with van der Waals surface area (Å²) in [5.74, 6) is 7.47. The summed E-state index contributed by atoms with van der Waals surface area (Å²) in [5, 5.41) is 0. The van der Waals surface area contributed by atoms with E-state index < -0.39 is 0 Å². The van der Waals surface area contributed by atoms with Gasteiger partial charge in [-0.3, -0.25) is 0 Å². The molecule has 0 heteroatoms. The Labute approximate surface area is 110 Å². The van der Waals surface area contributed by atoms with Crippen molar-refractivity contribution in [2.75, 3.05) is 0 Å². The maximum atomic E-state index is 3.50. The minimum atomic E-state index is 0.309. The molecule has 0 aromatic heterocycles. The molecule has 0 aliphatic heterocycles. The van der Waals surface area contributed by atoms with E-state index in [0.29, 0.717) is 11.3 Å². The topological polar surface area (TPSA) is 0 Å². The first kappa shape index (κ1) is 11.6. The molecule has 0 N–H and O–H groups in total. The maximum absolute atomic E-state index is 3.50. The van der Waals surface area contributed by atoms with E-state index in [-0.39, 0.29) is 0 Å². The van der Waals surface area contributed by atoms with Crippen LogP contribution in [0.5, 0.6) is 0 Å². The number of hydrogen-bond acceptors (Lipinski definition) is 0. The van der Waals surface area contributed by atoms with Gasteiger partial charge in [-0.2, -0.15) is 0 Å². The van der Waals surface area contributed by atoms with Gasteiger partial charge in [-0.15, -0.1) is 0 Å². The standard InChI is InChI=1S/C18H20/c1-18(16-10-6-3-7-11-16)14-17(18)13-12-15-8-4-2-5-9-15/h3,6-8,10-11,17H,2,4-5,9,14H2,1H3/t17-,18+/m0/s1. The van der Waals surface area contributed by atoms with Gasteiger partial charge in [0.2, 0.25) is 0 Å².